The van der Waals surface area contributed by atoms with Crippen molar-refractivity contribution in [3.63, 3.8) is 0 Å². The first-order chi connectivity index (χ1) is 8.34. The van der Waals surface area contributed by atoms with Crippen molar-refractivity contribution >= 4 is 11.8 Å². The molecule has 0 saturated carbocycles. The van der Waals surface area contributed by atoms with Crippen molar-refractivity contribution in [3.8, 4) is 0 Å². The van der Waals surface area contributed by atoms with E-state index in [0.717, 1.165) is 12.1 Å². The lowest BCUT2D eigenvalue weighted by atomic mass is 10.3. The lowest BCUT2D eigenvalue weighted by Gasteiger charge is -2.19. The number of aromatic nitrogens is 2. The van der Waals surface area contributed by atoms with Crippen LogP contribution in [0.5, 0.6) is 0 Å². The van der Waals surface area contributed by atoms with Crippen LogP contribution in [0.2, 0.25) is 0 Å². The summed E-state index contributed by atoms with van der Waals surface area (Å²) >= 11 is 0. The summed E-state index contributed by atoms with van der Waals surface area (Å²) in [4.78, 5) is 11.8. The smallest absolute Gasteiger partial charge is 0.435 e. The second-order valence-corrected chi connectivity index (χ2v) is 3.34. The van der Waals surface area contributed by atoms with Gasteiger partial charge in [0.25, 0.3) is 0 Å². The minimum Gasteiger partial charge on any atom is -0.480 e. The number of aliphatic carboxylic acids is 1. The van der Waals surface area contributed by atoms with E-state index in [2.05, 4.69) is 16.8 Å². The molecule has 98 valence electrons. The number of alkyl halides is 3. The van der Waals surface area contributed by atoms with Gasteiger partial charge in [-0.25, -0.2) is 0 Å². The lowest BCUT2D eigenvalue weighted by Crippen LogP contribution is -2.30. The Morgan fingerprint density at radius 1 is 1.44 bits per heavy atom. The highest BCUT2D eigenvalue weighted by atomic mass is 19.4. The number of carbonyl (C=O) groups is 1. The van der Waals surface area contributed by atoms with Crippen molar-refractivity contribution in [2.45, 2.75) is 6.18 Å². The van der Waals surface area contributed by atoms with Gasteiger partial charge in [-0.2, -0.15) is 13.2 Å². The first-order valence-corrected chi connectivity index (χ1v) is 4.83. The Morgan fingerprint density at radius 3 is 2.50 bits per heavy atom. The van der Waals surface area contributed by atoms with Crippen LogP contribution in [-0.4, -0.2) is 34.4 Å². The topological polar surface area (TPSA) is 66.3 Å². The van der Waals surface area contributed by atoms with Crippen molar-refractivity contribution < 1.29 is 23.1 Å². The van der Waals surface area contributed by atoms with Crippen molar-refractivity contribution in [1.29, 1.82) is 0 Å². The molecule has 5 nitrogen and oxygen atoms in total. The maximum Gasteiger partial charge on any atom is 0.435 e. The maximum atomic E-state index is 12.3. The number of hydrogen-bond acceptors (Lipinski definition) is 4. The number of anilines is 1. The summed E-state index contributed by atoms with van der Waals surface area (Å²) in [7, 11) is 0. The Labute approximate surface area is 101 Å². The fraction of sp³-hybridized carbons (Fsp3) is 0.300. The zero-order valence-electron chi connectivity index (χ0n) is 9.18. The molecule has 0 saturated heterocycles. The van der Waals surface area contributed by atoms with Crippen LogP contribution in [0, 0.1) is 0 Å². The predicted molar refractivity (Wildman–Crippen MR) is 57.1 cm³/mol. The molecular weight excluding hydrogens is 251 g/mol. The fourth-order valence-corrected chi connectivity index (χ4v) is 1.20. The third kappa shape index (κ3) is 3.72. The average molecular weight is 261 g/mol. The van der Waals surface area contributed by atoms with Crippen molar-refractivity contribution in [1.82, 2.24) is 10.2 Å². The molecule has 0 amide bonds. The van der Waals surface area contributed by atoms with Gasteiger partial charge in [0.2, 0.25) is 0 Å². The molecule has 1 rings (SSSR count). The van der Waals surface area contributed by atoms with Crippen molar-refractivity contribution in [3.05, 3.63) is 30.5 Å². The minimum absolute atomic E-state index is 0.0466. The highest BCUT2D eigenvalue weighted by Crippen LogP contribution is 2.27. The van der Waals surface area contributed by atoms with Gasteiger partial charge in [-0.1, -0.05) is 6.08 Å². The molecule has 0 radical (unpaired) electrons. The normalized spacial score (nSPS) is 11.1. The largest absolute Gasteiger partial charge is 0.480 e. The third-order valence-electron chi connectivity index (χ3n) is 1.94. The third-order valence-corrected chi connectivity index (χ3v) is 1.94. The highest BCUT2D eigenvalue weighted by Gasteiger charge is 2.33. The van der Waals surface area contributed by atoms with Crippen LogP contribution in [0.25, 0.3) is 0 Å². The summed E-state index contributed by atoms with van der Waals surface area (Å²) in [6.07, 6.45) is -3.15. The van der Waals surface area contributed by atoms with Crippen LogP contribution in [0.15, 0.2) is 24.8 Å². The number of carboxylic acids is 1. The van der Waals surface area contributed by atoms with E-state index >= 15 is 0 Å². The molecule has 0 fully saturated rings. The Morgan fingerprint density at radius 2 is 2.11 bits per heavy atom. The van der Waals surface area contributed by atoms with Crippen LogP contribution in [0.4, 0.5) is 19.0 Å². The first-order valence-electron chi connectivity index (χ1n) is 4.83. The Hall–Kier alpha value is -2.12. The summed E-state index contributed by atoms with van der Waals surface area (Å²) in [5.41, 5.74) is -1.12. The molecule has 0 atom stereocenters. The van der Waals surface area contributed by atoms with Gasteiger partial charge in [-0.3, -0.25) is 4.79 Å². The molecule has 18 heavy (non-hydrogen) atoms. The van der Waals surface area contributed by atoms with Gasteiger partial charge < -0.3 is 10.0 Å². The lowest BCUT2D eigenvalue weighted by molar-refractivity contribution is -0.141. The number of carboxylic acid groups (broad SMARTS) is 1. The van der Waals surface area contributed by atoms with E-state index in [1.165, 1.54) is 11.0 Å². The molecule has 1 N–H and O–H groups in total. The van der Waals surface area contributed by atoms with E-state index in [0.29, 0.717) is 0 Å². The maximum absolute atomic E-state index is 12.3. The van der Waals surface area contributed by atoms with Crippen LogP contribution >= 0.6 is 0 Å². The molecule has 0 spiro atoms. The molecule has 1 aromatic heterocycles. The number of nitrogens with zero attached hydrogens (tertiary/aromatic N) is 3. The van der Waals surface area contributed by atoms with Gasteiger partial charge in [-0.05, 0) is 12.1 Å². The van der Waals surface area contributed by atoms with E-state index in [9.17, 15) is 18.0 Å². The SMILES string of the molecule is C=CCN(CC(=O)O)c1ccc(C(F)(F)F)nn1. The molecule has 1 aromatic rings. The first kappa shape index (κ1) is 13.9. The van der Waals surface area contributed by atoms with E-state index in [-0.39, 0.29) is 12.4 Å². The molecule has 0 aliphatic heterocycles. The molecule has 0 bridgehead atoms. The quantitative estimate of drug-likeness (QED) is 0.815. The summed E-state index contributed by atoms with van der Waals surface area (Å²) in [6, 6.07) is 1.82. The second kappa shape index (κ2) is 5.48. The van der Waals surface area contributed by atoms with Gasteiger partial charge in [0.1, 0.15) is 6.54 Å². The molecule has 1 heterocycles. The zero-order valence-corrected chi connectivity index (χ0v) is 9.18. The van der Waals surface area contributed by atoms with Crippen LogP contribution < -0.4 is 4.90 Å². The fourth-order valence-electron chi connectivity index (χ4n) is 1.20. The molecule has 0 unspecified atom stereocenters. The summed E-state index contributed by atoms with van der Waals surface area (Å²) in [5.74, 6) is -1.08. The van der Waals surface area contributed by atoms with Gasteiger partial charge in [0.05, 0.1) is 0 Å². The molecule has 0 aliphatic carbocycles. The number of rotatable bonds is 5. The average Bonchev–Trinajstić information content (AvgIpc) is 2.27. The van der Waals surface area contributed by atoms with Crippen molar-refractivity contribution in [2.75, 3.05) is 18.0 Å². The standard InChI is InChI=1S/C10H10F3N3O2/c1-2-5-16(6-9(17)18)8-4-3-7(14-15-8)10(11,12)13/h2-4H,1,5-6H2,(H,17,18). The van der Waals surface area contributed by atoms with E-state index in [1.807, 2.05) is 0 Å². The summed E-state index contributed by atoms with van der Waals surface area (Å²) < 4.78 is 36.8. The van der Waals surface area contributed by atoms with Crippen LogP contribution in [0.3, 0.4) is 0 Å². The second-order valence-electron chi connectivity index (χ2n) is 3.34. The summed E-state index contributed by atoms with van der Waals surface area (Å²) in [6.45, 7) is 3.18. The molecular formula is C10H10F3N3O2. The van der Waals surface area contributed by atoms with Crippen LogP contribution in [0.1, 0.15) is 5.69 Å². The van der Waals surface area contributed by atoms with Gasteiger partial charge in [-0.15, -0.1) is 16.8 Å². The van der Waals surface area contributed by atoms with E-state index in [1.54, 1.807) is 0 Å². The highest BCUT2D eigenvalue weighted by molar-refractivity contribution is 5.73. The Bertz CT molecular complexity index is 431. The molecule has 0 aliphatic rings. The monoisotopic (exact) mass is 261 g/mol. The predicted octanol–water partition coefficient (Wildman–Crippen LogP) is 1.57. The van der Waals surface area contributed by atoms with Gasteiger partial charge >= 0.3 is 12.1 Å². The Kier molecular flexibility index (Phi) is 4.24. The molecule has 0 aromatic carbocycles. The van der Waals surface area contributed by atoms with Crippen molar-refractivity contribution in [2.24, 2.45) is 0 Å². The van der Waals surface area contributed by atoms with Gasteiger partial charge in [0.15, 0.2) is 11.5 Å². The number of hydrogen-bond donors (Lipinski definition) is 1. The molecule has 8 heteroatoms. The number of halogens is 3. The van der Waals surface area contributed by atoms with E-state index < -0.39 is 24.4 Å². The zero-order chi connectivity index (χ0) is 13.8. The Balaban J connectivity index is 2.93. The minimum atomic E-state index is -4.57. The van der Waals surface area contributed by atoms with Crippen LogP contribution in [-0.2, 0) is 11.0 Å². The summed E-state index contributed by atoms with van der Waals surface area (Å²) in [5, 5.41) is 15.0. The van der Waals surface area contributed by atoms with Gasteiger partial charge in [0, 0.05) is 6.54 Å². The van der Waals surface area contributed by atoms with E-state index in [4.69, 9.17) is 5.11 Å².